The molecule has 0 aromatic rings. The van der Waals surface area contributed by atoms with Gasteiger partial charge in [-0.15, -0.1) is 0 Å². The molecule has 0 aliphatic rings. The van der Waals surface area contributed by atoms with Gasteiger partial charge in [-0.3, -0.25) is 4.79 Å². The summed E-state index contributed by atoms with van der Waals surface area (Å²) >= 11 is 0. The number of rotatable bonds is 23. The summed E-state index contributed by atoms with van der Waals surface area (Å²) in [4.78, 5) is 10.4. The molecule has 28 heavy (non-hydrogen) atoms. The highest BCUT2D eigenvalue weighted by molar-refractivity contribution is 5.66. The number of unbranched alkanes of at least 4 members (excludes halogenated alkanes) is 16. The summed E-state index contributed by atoms with van der Waals surface area (Å²) in [5.74, 6) is 0.317. The molecule has 0 aliphatic carbocycles. The van der Waals surface area contributed by atoms with Crippen molar-refractivity contribution in [3.05, 3.63) is 6.92 Å². The standard InChI is InChI=1S/C26H51O2/c1-3-5-19-22-25(4-2)23-20-17-15-13-11-9-7-6-8-10-12-14-16-18-21-24-26(27)28/h25H,1,3-24H2,2H3,(H,27,28). The van der Waals surface area contributed by atoms with Crippen molar-refractivity contribution in [1.82, 2.24) is 0 Å². The van der Waals surface area contributed by atoms with E-state index in [9.17, 15) is 4.79 Å². The quantitative estimate of drug-likeness (QED) is 0.175. The zero-order chi connectivity index (χ0) is 20.7. The van der Waals surface area contributed by atoms with Gasteiger partial charge in [-0.25, -0.2) is 0 Å². The third kappa shape index (κ3) is 21.8. The van der Waals surface area contributed by atoms with E-state index in [-0.39, 0.29) is 0 Å². The van der Waals surface area contributed by atoms with E-state index in [1.54, 1.807) is 0 Å². The summed E-state index contributed by atoms with van der Waals surface area (Å²) in [7, 11) is 0. The van der Waals surface area contributed by atoms with Crippen LogP contribution in [0.1, 0.15) is 148 Å². The Morgan fingerprint density at radius 2 is 1.00 bits per heavy atom. The number of aliphatic carboxylic acids is 1. The van der Waals surface area contributed by atoms with Crippen LogP contribution >= 0.6 is 0 Å². The van der Waals surface area contributed by atoms with Gasteiger partial charge in [0.1, 0.15) is 0 Å². The Hall–Kier alpha value is -0.530. The number of carboxylic acid groups (broad SMARTS) is 1. The molecule has 1 radical (unpaired) electrons. The normalized spacial score (nSPS) is 12.4. The number of carboxylic acids is 1. The highest BCUT2D eigenvalue weighted by Gasteiger charge is 2.05. The predicted molar refractivity (Wildman–Crippen MR) is 124 cm³/mol. The van der Waals surface area contributed by atoms with Gasteiger partial charge in [-0.1, -0.05) is 142 Å². The smallest absolute Gasteiger partial charge is 0.303 e. The Kier molecular flexibility index (Phi) is 22.3. The van der Waals surface area contributed by atoms with E-state index in [0.29, 0.717) is 6.42 Å². The van der Waals surface area contributed by atoms with Crippen LogP contribution in [0.15, 0.2) is 0 Å². The maximum Gasteiger partial charge on any atom is 0.303 e. The van der Waals surface area contributed by atoms with E-state index in [1.165, 1.54) is 116 Å². The largest absolute Gasteiger partial charge is 0.481 e. The predicted octanol–water partition coefficient (Wildman–Crippen LogP) is 9.12. The summed E-state index contributed by atoms with van der Waals surface area (Å²) < 4.78 is 0. The van der Waals surface area contributed by atoms with Crippen LogP contribution in [0.3, 0.4) is 0 Å². The molecule has 1 unspecified atom stereocenters. The molecule has 0 aromatic heterocycles. The first-order valence-corrected chi connectivity index (χ1v) is 12.7. The fraction of sp³-hybridized carbons (Fsp3) is 0.923. The molecule has 0 aromatic carbocycles. The minimum atomic E-state index is -0.652. The molecular formula is C26H51O2. The van der Waals surface area contributed by atoms with Crippen LogP contribution in [0.5, 0.6) is 0 Å². The minimum Gasteiger partial charge on any atom is -0.481 e. The summed E-state index contributed by atoms with van der Waals surface area (Å²) in [5.41, 5.74) is 0. The van der Waals surface area contributed by atoms with E-state index in [4.69, 9.17) is 5.11 Å². The molecular weight excluding hydrogens is 344 g/mol. The Morgan fingerprint density at radius 3 is 1.36 bits per heavy atom. The first kappa shape index (κ1) is 27.5. The van der Waals surface area contributed by atoms with Crippen LogP contribution in [0.25, 0.3) is 0 Å². The molecule has 0 heterocycles. The Bertz CT molecular complexity index is 314. The fourth-order valence-corrected chi connectivity index (χ4v) is 4.17. The van der Waals surface area contributed by atoms with Gasteiger partial charge in [0, 0.05) is 6.42 Å². The maximum atomic E-state index is 10.4. The van der Waals surface area contributed by atoms with E-state index in [2.05, 4.69) is 13.8 Å². The molecule has 2 heteroatoms. The maximum absolute atomic E-state index is 10.4. The average molecular weight is 396 g/mol. The Morgan fingerprint density at radius 1 is 0.643 bits per heavy atom. The number of hydrogen-bond acceptors (Lipinski definition) is 1. The molecule has 0 fully saturated rings. The van der Waals surface area contributed by atoms with Crippen molar-refractivity contribution in [2.24, 2.45) is 5.92 Å². The molecule has 167 valence electrons. The van der Waals surface area contributed by atoms with Gasteiger partial charge in [-0.2, -0.15) is 0 Å². The zero-order valence-electron chi connectivity index (χ0n) is 19.2. The molecule has 0 amide bonds. The molecule has 0 aliphatic heterocycles. The topological polar surface area (TPSA) is 37.3 Å². The van der Waals surface area contributed by atoms with Crippen molar-refractivity contribution < 1.29 is 9.90 Å². The first-order valence-electron chi connectivity index (χ1n) is 12.7. The van der Waals surface area contributed by atoms with Crippen LogP contribution in [-0.4, -0.2) is 11.1 Å². The van der Waals surface area contributed by atoms with E-state index < -0.39 is 5.97 Å². The lowest BCUT2D eigenvalue weighted by atomic mass is 9.92. The Labute approximate surface area is 177 Å². The highest BCUT2D eigenvalue weighted by atomic mass is 16.4. The highest BCUT2D eigenvalue weighted by Crippen LogP contribution is 2.21. The molecule has 0 bridgehead atoms. The second kappa shape index (κ2) is 22.8. The number of carbonyl (C=O) groups is 1. The lowest BCUT2D eigenvalue weighted by Crippen LogP contribution is -1.99. The summed E-state index contributed by atoms with van der Waals surface area (Å²) in [6, 6.07) is 0. The van der Waals surface area contributed by atoms with Crippen LogP contribution in [0.4, 0.5) is 0 Å². The van der Waals surface area contributed by atoms with Gasteiger partial charge in [0.25, 0.3) is 0 Å². The lowest BCUT2D eigenvalue weighted by Gasteiger charge is -2.14. The third-order valence-corrected chi connectivity index (χ3v) is 6.19. The van der Waals surface area contributed by atoms with Gasteiger partial charge in [0.2, 0.25) is 0 Å². The fourth-order valence-electron chi connectivity index (χ4n) is 4.17. The minimum absolute atomic E-state index is 0.344. The molecule has 1 N–H and O–H groups in total. The molecule has 1 atom stereocenters. The monoisotopic (exact) mass is 395 g/mol. The van der Waals surface area contributed by atoms with E-state index in [0.717, 1.165) is 25.2 Å². The average Bonchev–Trinajstić information content (AvgIpc) is 2.68. The second-order valence-electron chi connectivity index (χ2n) is 8.86. The van der Waals surface area contributed by atoms with Gasteiger partial charge in [-0.05, 0) is 12.3 Å². The van der Waals surface area contributed by atoms with Gasteiger partial charge < -0.3 is 5.11 Å². The molecule has 0 saturated carbocycles. The van der Waals surface area contributed by atoms with Crippen molar-refractivity contribution in [3.63, 3.8) is 0 Å². The molecule has 0 spiro atoms. The van der Waals surface area contributed by atoms with E-state index in [1.807, 2.05) is 0 Å². The van der Waals surface area contributed by atoms with Crippen LogP contribution in [-0.2, 0) is 4.79 Å². The van der Waals surface area contributed by atoms with Crippen molar-refractivity contribution in [1.29, 1.82) is 0 Å². The first-order chi connectivity index (χ1) is 13.7. The molecule has 0 saturated heterocycles. The van der Waals surface area contributed by atoms with Gasteiger partial charge >= 0.3 is 5.97 Å². The van der Waals surface area contributed by atoms with Gasteiger partial charge in [0.15, 0.2) is 0 Å². The summed E-state index contributed by atoms with van der Waals surface area (Å²) in [6.07, 6.45) is 28.4. The van der Waals surface area contributed by atoms with Crippen molar-refractivity contribution in [3.8, 4) is 0 Å². The van der Waals surface area contributed by atoms with Crippen LogP contribution in [0.2, 0.25) is 0 Å². The van der Waals surface area contributed by atoms with E-state index >= 15 is 0 Å². The summed E-state index contributed by atoms with van der Waals surface area (Å²) in [5, 5.41) is 8.59. The third-order valence-electron chi connectivity index (χ3n) is 6.19. The van der Waals surface area contributed by atoms with Crippen molar-refractivity contribution in [2.45, 2.75) is 148 Å². The van der Waals surface area contributed by atoms with Gasteiger partial charge in [0.05, 0.1) is 0 Å². The summed E-state index contributed by atoms with van der Waals surface area (Å²) in [6.45, 7) is 6.30. The zero-order valence-corrected chi connectivity index (χ0v) is 19.2. The second-order valence-corrected chi connectivity index (χ2v) is 8.86. The number of hydrogen-bond donors (Lipinski definition) is 1. The SMILES string of the molecule is [CH2]CCCCC(CC)CCCCCCCCCCCCCCCCCC(=O)O. The molecule has 0 rings (SSSR count). The van der Waals surface area contributed by atoms with Crippen molar-refractivity contribution >= 4 is 5.97 Å². The lowest BCUT2D eigenvalue weighted by molar-refractivity contribution is -0.137. The van der Waals surface area contributed by atoms with Crippen molar-refractivity contribution in [2.75, 3.05) is 0 Å². The Balaban J connectivity index is 3.16. The molecule has 2 nitrogen and oxygen atoms in total. The van der Waals surface area contributed by atoms with Crippen LogP contribution in [0, 0.1) is 12.8 Å². The van der Waals surface area contributed by atoms with Crippen LogP contribution < -0.4 is 0 Å².